The third kappa shape index (κ3) is 7.13. The maximum Gasteiger partial charge on any atom is 0.425 e. The van der Waals surface area contributed by atoms with Gasteiger partial charge in [-0.05, 0) is 69.6 Å². The van der Waals surface area contributed by atoms with Crippen molar-refractivity contribution in [1.29, 1.82) is 0 Å². The number of hydrogen-bond acceptors (Lipinski definition) is 10. The zero-order valence-corrected chi connectivity index (χ0v) is 23.1. The SMILES string of the molecule is COC(=O)c1ccc(-c2cc(-c3nc(Br)cnc3N(C(=O)OC(C)(C)C)C(=O)OC(C)(C)C)on2)cc1. The fourth-order valence-electron chi connectivity index (χ4n) is 2.97. The fourth-order valence-corrected chi connectivity index (χ4v) is 3.25. The van der Waals surface area contributed by atoms with Gasteiger partial charge in [0.1, 0.15) is 21.5 Å². The Balaban J connectivity index is 2.07. The van der Waals surface area contributed by atoms with Crippen LogP contribution >= 0.6 is 15.9 Å². The summed E-state index contributed by atoms with van der Waals surface area (Å²) in [6, 6.07) is 8.10. The van der Waals surface area contributed by atoms with E-state index >= 15 is 0 Å². The lowest BCUT2D eigenvalue weighted by atomic mass is 10.1. The summed E-state index contributed by atoms with van der Waals surface area (Å²) < 4.78 is 21.4. The van der Waals surface area contributed by atoms with Crippen molar-refractivity contribution in [1.82, 2.24) is 15.1 Å². The second kappa shape index (κ2) is 10.7. The van der Waals surface area contributed by atoms with Crippen LogP contribution in [-0.4, -0.2) is 51.6 Å². The van der Waals surface area contributed by atoms with Crippen LogP contribution in [0.4, 0.5) is 15.4 Å². The number of nitrogens with zero attached hydrogens (tertiary/aromatic N) is 4. The van der Waals surface area contributed by atoms with E-state index < -0.39 is 29.4 Å². The third-order valence-electron chi connectivity index (χ3n) is 4.43. The average molecular weight is 575 g/mol. The van der Waals surface area contributed by atoms with Crippen LogP contribution in [0.15, 0.2) is 45.7 Å². The van der Waals surface area contributed by atoms with Crippen LogP contribution in [0.25, 0.3) is 22.7 Å². The molecule has 0 N–H and O–H groups in total. The molecule has 0 atom stereocenters. The predicted molar refractivity (Wildman–Crippen MR) is 137 cm³/mol. The maximum atomic E-state index is 13.1. The third-order valence-corrected chi connectivity index (χ3v) is 4.82. The van der Waals surface area contributed by atoms with Crippen molar-refractivity contribution >= 4 is 39.9 Å². The van der Waals surface area contributed by atoms with Gasteiger partial charge in [-0.2, -0.15) is 4.90 Å². The average Bonchev–Trinajstić information content (AvgIpc) is 3.27. The summed E-state index contributed by atoms with van der Waals surface area (Å²) in [7, 11) is 1.30. The van der Waals surface area contributed by atoms with E-state index in [1.807, 2.05) is 0 Å². The van der Waals surface area contributed by atoms with E-state index in [0.29, 0.717) is 26.3 Å². The quantitative estimate of drug-likeness (QED) is 0.268. The van der Waals surface area contributed by atoms with Gasteiger partial charge in [0.2, 0.25) is 0 Å². The molecule has 0 saturated carbocycles. The summed E-state index contributed by atoms with van der Waals surface area (Å²) in [5.41, 5.74) is -0.341. The standard InChI is InChI=1S/C25H27BrN4O7/c1-24(2,3)35-22(32)30(23(33)36-25(4,5)6)20-19(28-18(26)13-27-20)17-12-16(29-37-17)14-8-10-15(11-9-14)21(31)34-7/h8-13H,1-7H3. The molecular formula is C25H27BrN4O7. The minimum absolute atomic E-state index is 0.0380. The number of carbonyl (C=O) groups excluding carboxylic acids is 3. The molecule has 2 heterocycles. The Kier molecular flexibility index (Phi) is 8.01. The van der Waals surface area contributed by atoms with Crippen molar-refractivity contribution in [2.24, 2.45) is 0 Å². The molecule has 3 rings (SSSR count). The number of ether oxygens (including phenoxy) is 3. The highest BCUT2D eigenvalue weighted by molar-refractivity contribution is 9.10. The van der Waals surface area contributed by atoms with Crippen molar-refractivity contribution < 1.29 is 33.1 Å². The van der Waals surface area contributed by atoms with Crippen molar-refractivity contribution in [2.45, 2.75) is 52.7 Å². The second-order valence-corrected chi connectivity index (χ2v) is 10.6. The van der Waals surface area contributed by atoms with Crippen LogP contribution < -0.4 is 4.90 Å². The number of rotatable bonds is 4. The molecule has 2 amide bonds. The zero-order chi connectivity index (χ0) is 27.5. The molecule has 12 heteroatoms. The number of carbonyl (C=O) groups is 3. The summed E-state index contributed by atoms with van der Waals surface area (Å²) >= 11 is 3.26. The molecule has 0 spiro atoms. The first-order valence-electron chi connectivity index (χ1n) is 11.1. The Bertz CT molecular complexity index is 1280. The van der Waals surface area contributed by atoms with Gasteiger partial charge in [0.25, 0.3) is 0 Å². The van der Waals surface area contributed by atoms with Gasteiger partial charge in [-0.1, -0.05) is 17.3 Å². The van der Waals surface area contributed by atoms with E-state index in [2.05, 4.69) is 31.1 Å². The number of hydrogen-bond donors (Lipinski definition) is 0. The first kappa shape index (κ1) is 27.8. The van der Waals surface area contributed by atoms with Gasteiger partial charge in [-0.15, -0.1) is 0 Å². The highest BCUT2D eigenvalue weighted by atomic mass is 79.9. The minimum Gasteiger partial charge on any atom is -0.465 e. The lowest BCUT2D eigenvalue weighted by Crippen LogP contribution is -2.44. The molecule has 0 unspecified atom stereocenters. The molecule has 0 bridgehead atoms. The number of anilines is 1. The molecule has 0 aliphatic heterocycles. The van der Waals surface area contributed by atoms with Crippen LogP contribution in [0.3, 0.4) is 0 Å². The van der Waals surface area contributed by atoms with Crippen LogP contribution in [0.2, 0.25) is 0 Å². The van der Waals surface area contributed by atoms with Crippen LogP contribution in [0.1, 0.15) is 51.9 Å². The highest BCUT2D eigenvalue weighted by Crippen LogP contribution is 2.33. The normalized spacial score (nSPS) is 11.6. The maximum absolute atomic E-state index is 13.1. The largest absolute Gasteiger partial charge is 0.465 e. The molecule has 37 heavy (non-hydrogen) atoms. The first-order chi connectivity index (χ1) is 17.2. The molecule has 0 aliphatic carbocycles. The van der Waals surface area contributed by atoms with Gasteiger partial charge < -0.3 is 18.7 Å². The number of methoxy groups -OCH3 is 1. The summed E-state index contributed by atoms with van der Waals surface area (Å²) in [6.07, 6.45) is -0.681. The number of benzene rings is 1. The molecule has 3 aromatic rings. The number of halogens is 1. The van der Waals surface area contributed by atoms with Crippen molar-refractivity contribution in [3.63, 3.8) is 0 Å². The highest BCUT2D eigenvalue weighted by Gasteiger charge is 2.36. The van der Waals surface area contributed by atoms with Crippen molar-refractivity contribution in [3.8, 4) is 22.7 Å². The smallest absolute Gasteiger partial charge is 0.425 e. The van der Waals surface area contributed by atoms with Gasteiger partial charge >= 0.3 is 18.2 Å². The topological polar surface area (TPSA) is 134 Å². The Morgan fingerprint density at radius 1 is 0.946 bits per heavy atom. The molecule has 0 saturated heterocycles. The lowest BCUT2D eigenvalue weighted by molar-refractivity contribution is 0.0428. The molecule has 0 aliphatic rings. The second-order valence-electron chi connectivity index (χ2n) is 9.81. The predicted octanol–water partition coefficient (Wildman–Crippen LogP) is 6.02. The molecular weight excluding hydrogens is 548 g/mol. The van der Waals surface area contributed by atoms with E-state index in [1.54, 1.807) is 71.9 Å². The van der Waals surface area contributed by atoms with E-state index in [0.717, 1.165) is 0 Å². The van der Waals surface area contributed by atoms with E-state index in [9.17, 15) is 14.4 Å². The van der Waals surface area contributed by atoms with Gasteiger partial charge in [0, 0.05) is 11.6 Å². The summed E-state index contributed by atoms with van der Waals surface area (Å²) in [6.45, 7) is 10.0. The molecule has 1 aromatic carbocycles. The number of amides is 2. The van der Waals surface area contributed by atoms with E-state index in [-0.39, 0.29) is 17.3 Å². The van der Waals surface area contributed by atoms with Gasteiger partial charge in [-0.3, -0.25) is 0 Å². The minimum atomic E-state index is -1.00. The summed E-state index contributed by atoms with van der Waals surface area (Å²) in [5.74, 6) is -0.519. The summed E-state index contributed by atoms with van der Waals surface area (Å²) in [4.78, 5) is 47.3. The molecule has 0 fully saturated rings. The molecule has 0 radical (unpaired) electrons. The van der Waals surface area contributed by atoms with Gasteiger partial charge in [0.05, 0.1) is 18.9 Å². The van der Waals surface area contributed by atoms with Crippen LogP contribution in [0.5, 0.6) is 0 Å². The molecule has 2 aromatic heterocycles. The van der Waals surface area contributed by atoms with Crippen LogP contribution in [0, 0.1) is 0 Å². The fraction of sp³-hybridized carbons (Fsp3) is 0.360. The van der Waals surface area contributed by atoms with Crippen molar-refractivity contribution in [2.75, 3.05) is 12.0 Å². The molecule has 11 nitrogen and oxygen atoms in total. The lowest BCUT2D eigenvalue weighted by Gasteiger charge is -2.28. The van der Waals surface area contributed by atoms with Gasteiger partial charge in [-0.25, -0.2) is 24.4 Å². The van der Waals surface area contributed by atoms with Crippen LogP contribution in [-0.2, 0) is 14.2 Å². The Hall–Kier alpha value is -3.80. The van der Waals surface area contributed by atoms with E-state index in [4.69, 9.17) is 18.7 Å². The Labute approximate surface area is 222 Å². The number of aromatic nitrogens is 3. The summed E-state index contributed by atoms with van der Waals surface area (Å²) in [5, 5.41) is 4.07. The number of imide groups is 1. The Morgan fingerprint density at radius 3 is 2.03 bits per heavy atom. The Morgan fingerprint density at radius 2 is 1.51 bits per heavy atom. The monoisotopic (exact) mass is 574 g/mol. The first-order valence-corrected chi connectivity index (χ1v) is 11.9. The van der Waals surface area contributed by atoms with Gasteiger partial charge in [0.15, 0.2) is 17.3 Å². The number of esters is 1. The van der Waals surface area contributed by atoms with Crippen molar-refractivity contribution in [3.05, 3.63) is 46.7 Å². The van der Waals surface area contributed by atoms with E-state index in [1.165, 1.54) is 13.3 Å². The zero-order valence-electron chi connectivity index (χ0n) is 21.5. The molecule has 196 valence electrons.